The van der Waals surface area contributed by atoms with Crippen LogP contribution in [0.2, 0.25) is 0 Å². The largest absolute Gasteiger partial charge is 0.472 e. The van der Waals surface area contributed by atoms with E-state index >= 15 is 0 Å². The topological polar surface area (TPSA) is 36.6 Å². The molecule has 1 aromatic rings. The SMILES string of the molecule is CN(Cc1ccoc1)CC(O)C(F)(F)F. The highest BCUT2D eigenvalue weighted by molar-refractivity contribution is 5.04. The molecule has 0 aliphatic carbocycles. The highest BCUT2D eigenvalue weighted by Gasteiger charge is 2.38. The maximum atomic E-state index is 12.0. The molecule has 0 aromatic carbocycles. The molecule has 1 heterocycles. The third-order valence-corrected chi connectivity index (χ3v) is 1.90. The summed E-state index contributed by atoms with van der Waals surface area (Å²) in [5, 5.41) is 8.79. The fourth-order valence-electron chi connectivity index (χ4n) is 1.16. The molecule has 0 amide bonds. The molecule has 0 radical (unpaired) electrons. The van der Waals surface area contributed by atoms with Crippen molar-refractivity contribution in [2.24, 2.45) is 0 Å². The minimum absolute atomic E-state index is 0.309. The summed E-state index contributed by atoms with van der Waals surface area (Å²) in [6.07, 6.45) is -3.97. The third kappa shape index (κ3) is 3.93. The average molecular weight is 223 g/mol. The molecule has 0 fully saturated rings. The number of nitrogens with zero attached hydrogens (tertiary/aromatic N) is 1. The molecule has 1 rings (SSSR count). The molecule has 0 saturated heterocycles. The minimum Gasteiger partial charge on any atom is -0.472 e. The predicted molar refractivity (Wildman–Crippen MR) is 47.1 cm³/mol. The van der Waals surface area contributed by atoms with E-state index in [4.69, 9.17) is 9.52 Å². The van der Waals surface area contributed by atoms with Crippen LogP contribution in [0.4, 0.5) is 13.2 Å². The minimum atomic E-state index is -4.56. The van der Waals surface area contributed by atoms with Crippen LogP contribution in [-0.4, -0.2) is 35.9 Å². The summed E-state index contributed by atoms with van der Waals surface area (Å²) in [4.78, 5) is 1.38. The Kier molecular flexibility index (Phi) is 3.76. The number of likely N-dealkylation sites (N-methyl/N-ethyl adjacent to an activating group) is 1. The number of alkyl halides is 3. The van der Waals surface area contributed by atoms with Gasteiger partial charge in [0.2, 0.25) is 0 Å². The van der Waals surface area contributed by atoms with Gasteiger partial charge in [0.15, 0.2) is 6.10 Å². The fourth-order valence-corrected chi connectivity index (χ4v) is 1.16. The Morgan fingerprint density at radius 1 is 1.53 bits per heavy atom. The van der Waals surface area contributed by atoms with Gasteiger partial charge in [0.05, 0.1) is 12.5 Å². The summed E-state index contributed by atoms with van der Waals surface area (Å²) in [6, 6.07) is 1.66. The van der Waals surface area contributed by atoms with Crippen LogP contribution in [0.3, 0.4) is 0 Å². The van der Waals surface area contributed by atoms with Gasteiger partial charge < -0.3 is 9.52 Å². The van der Waals surface area contributed by atoms with Crippen LogP contribution in [0.1, 0.15) is 5.56 Å². The summed E-state index contributed by atoms with van der Waals surface area (Å²) in [7, 11) is 1.50. The van der Waals surface area contributed by atoms with Gasteiger partial charge in [-0.25, -0.2) is 0 Å². The van der Waals surface area contributed by atoms with Gasteiger partial charge in [-0.15, -0.1) is 0 Å². The first-order valence-electron chi connectivity index (χ1n) is 4.34. The Morgan fingerprint density at radius 3 is 2.67 bits per heavy atom. The van der Waals surface area contributed by atoms with Crippen molar-refractivity contribution in [2.75, 3.05) is 13.6 Å². The molecule has 0 aliphatic heterocycles. The Bertz CT molecular complexity index is 284. The summed E-state index contributed by atoms with van der Waals surface area (Å²) < 4.78 is 40.8. The molecule has 1 N–H and O–H groups in total. The maximum absolute atomic E-state index is 12.0. The highest BCUT2D eigenvalue weighted by atomic mass is 19.4. The van der Waals surface area contributed by atoms with E-state index in [0.717, 1.165) is 5.56 Å². The molecule has 1 aromatic heterocycles. The average Bonchev–Trinajstić information content (AvgIpc) is 2.54. The Labute approximate surface area is 85.1 Å². The quantitative estimate of drug-likeness (QED) is 0.842. The van der Waals surface area contributed by atoms with Crippen LogP contribution in [0.15, 0.2) is 23.0 Å². The van der Waals surface area contributed by atoms with Crippen LogP contribution < -0.4 is 0 Å². The lowest BCUT2D eigenvalue weighted by Gasteiger charge is -2.21. The van der Waals surface area contributed by atoms with Crippen LogP contribution in [-0.2, 0) is 6.54 Å². The van der Waals surface area contributed by atoms with Gasteiger partial charge in [-0.1, -0.05) is 0 Å². The molecule has 1 unspecified atom stereocenters. The van der Waals surface area contributed by atoms with E-state index in [-0.39, 0.29) is 0 Å². The van der Waals surface area contributed by atoms with Crippen molar-refractivity contribution in [1.29, 1.82) is 0 Å². The monoisotopic (exact) mass is 223 g/mol. The number of rotatable bonds is 4. The zero-order valence-corrected chi connectivity index (χ0v) is 8.16. The van der Waals surface area contributed by atoms with E-state index < -0.39 is 18.8 Å². The van der Waals surface area contributed by atoms with Crippen molar-refractivity contribution in [2.45, 2.75) is 18.8 Å². The highest BCUT2D eigenvalue weighted by Crippen LogP contribution is 2.20. The molecule has 0 saturated carbocycles. The Hall–Kier alpha value is -1.01. The third-order valence-electron chi connectivity index (χ3n) is 1.90. The van der Waals surface area contributed by atoms with Crippen LogP contribution in [0.25, 0.3) is 0 Å². The molecule has 15 heavy (non-hydrogen) atoms. The van der Waals surface area contributed by atoms with Gasteiger partial charge in [0.25, 0.3) is 0 Å². The van der Waals surface area contributed by atoms with Crippen molar-refractivity contribution >= 4 is 0 Å². The summed E-state index contributed by atoms with van der Waals surface area (Å²) in [6.45, 7) is -0.141. The molecule has 3 nitrogen and oxygen atoms in total. The van der Waals surface area contributed by atoms with Gasteiger partial charge >= 0.3 is 6.18 Å². The van der Waals surface area contributed by atoms with E-state index in [0.29, 0.717) is 6.54 Å². The molecule has 6 heteroatoms. The van der Waals surface area contributed by atoms with Crippen molar-refractivity contribution in [3.63, 3.8) is 0 Å². The zero-order valence-electron chi connectivity index (χ0n) is 8.16. The van der Waals surface area contributed by atoms with Crippen molar-refractivity contribution in [3.05, 3.63) is 24.2 Å². The first-order chi connectivity index (χ1) is 6.89. The zero-order chi connectivity index (χ0) is 11.5. The molecular formula is C9H12F3NO2. The van der Waals surface area contributed by atoms with Gasteiger partial charge in [0, 0.05) is 18.7 Å². The Morgan fingerprint density at radius 2 is 2.20 bits per heavy atom. The van der Waals surface area contributed by atoms with E-state index in [2.05, 4.69) is 0 Å². The van der Waals surface area contributed by atoms with E-state index in [9.17, 15) is 13.2 Å². The molecule has 1 atom stereocenters. The van der Waals surface area contributed by atoms with Crippen molar-refractivity contribution < 1.29 is 22.7 Å². The molecule has 0 bridgehead atoms. The molecular weight excluding hydrogens is 211 g/mol. The number of aliphatic hydroxyl groups is 1. The second-order valence-electron chi connectivity index (χ2n) is 3.39. The maximum Gasteiger partial charge on any atom is 0.415 e. The first-order valence-corrected chi connectivity index (χ1v) is 4.34. The smallest absolute Gasteiger partial charge is 0.415 e. The standard InChI is InChI=1S/C9H12F3NO2/c1-13(4-7-2-3-15-6-7)5-8(14)9(10,11)12/h2-3,6,8,14H,4-5H2,1H3. The number of halogens is 3. The lowest BCUT2D eigenvalue weighted by atomic mass is 10.3. The predicted octanol–water partition coefficient (Wildman–Crippen LogP) is 1.63. The van der Waals surface area contributed by atoms with Crippen LogP contribution >= 0.6 is 0 Å². The number of hydrogen-bond acceptors (Lipinski definition) is 3. The summed E-state index contributed by atoms with van der Waals surface area (Å²) in [5.41, 5.74) is 0.770. The molecule has 0 aliphatic rings. The van der Waals surface area contributed by atoms with Gasteiger partial charge in [-0.3, -0.25) is 4.90 Å². The van der Waals surface area contributed by atoms with E-state index in [1.54, 1.807) is 6.07 Å². The molecule has 86 valence electrons. The van der Waals surface area contributed by atoms with Crippen molar-refractivity contribution in [3.8, 4) is 0 Å². The summed E-state index contributed by atoms with van der Waals surface area (Å²) in [5.74, 6) is 0. The van der Waals surface area contributed by atoms with E-state index in [1.165, 1.54) is 24.5 Å². The number of aliphatic hydroxyl groups excluding tert-OH is 1. The second-order valence-corrected chi connectivity index (χ2v) is 3.39. The lowest BCUT2D eigenvalue weighted by Crippen LogP contribution is -2.39. The molecule has 0 spiro atoms. The fraction of sp³-hybridized carbons (Fsp3) is 0.556. The van der Waals surface area contributed by atoms with Crippen LogP contribution in [0.5, 0.6) is 0 Å². The number of hydrogen-bond donors (Lipinski definition) is 1. The first kappa shape index (κ1) is 12.1. The normalized spacial score (nSPS) is 14.5. The van der Waals surface area contributed by atoms with Crippen LogP contribution in [0, 0.1) is 0 Å². The number of furan rings is 1. The second kappa shape index (κ2) is 4.67. The summed E-state index contributed by atoms with van der Waals surface area (Å²) >= 11 is 0. The lowest BCUT2D eigenvalue weighted by molar-refractivity contribution is -0.207. The van der Waals surface area contributed by atoms with Gasteiger partial charge in [0.1, 0.15) is 0 Å². The van der Waals surface area contributed by atoms with Crippen molar-refractivity contribution in [1.82, 2.24) is 4.90 Å². The van der Waals surface area contributed by atoms with E-state index in [1.807, 2.05) is 0 Å². The Balaban J connectivity index is 2.39. The van der Waals surface area contributed by atoms with Gasteiger partial charge in [-0.05, 0) is 13.1 Å². The van der Waals surface area contributed by atoms with Gasteiger partial charge in [-0.2, -0.15) is 13.2 Å².